The zero-order chi connectivity index (χ0) is 19.5. The van der Waals surface area contributed by atoms with Crippen LogP contribution in [0.15, 0.2) is 69.4 Å². The maximum Gasteiger partial charge on any atom is 0.272 e. The maximum atomic E-state index is 13.1. The summed E-state index contributed by atoms with van der Waals surface area (Å²) < 4.78 is 1.62. The van der Waals surface area contributed by atoms with Crippen LogP contribution in [0.3, 0.4) is 0 Å². The average molecular weight is 410 g/mol. The number of rotatable bonds is 5. The van der Waals surface area contributed by atoms with Crippen molar-refractivity contribution in [1.82, 2.24) is 9.55 Å². The van der Waals surface area contributed by atoms with E-state index >= 15 is 0 Å². The van der Waals surface area contributed by atoms with Gasteiger partial charge in [-0.1, -0.05) is 47.7 Å². The van der Waals surface area contributed by atoms with Crippen LogP contribution in [0.4, 0.5) is 5.69 Å². The molecule has 2 aromatic carbocycles. The molecule has 142 valence electrons. The van der Waals surface area contributed by atoms with Crippen LogP contribution in [0.2, 0.25) is 0 Å². The fraction of sp³-hybridized carbons (Fsp3) is 0.190. The van der Waals surface area contributed by atoms with Crippen LogP contribution in [0.5, 0.6) is 0 Å². The zero-order valence-corrected chi connectivity index (χ0v) is 17.0. The van der Waals surface area contributed by atoms with Gasteiger partial charge in [0.1, 0.15) is 0 Å². The van der Waals surface area contributed by atoms with Gasteiger partial charge in [0.05, 0.1) is 22.0 Å². The number of anilines is 1. The number of carbonyl (C=O) groups is 1. The summed E-state index contributed by atoms with van der Waals surface area (Å²) in [6, 6.07) is 17.1. The lowest BCUT2D eigenvalue weighted by molar-refractivity contribution is -0.113. The Morgan fingerprint density at radius 3 is 2.68 bits per heavy atom. The zero-order valence-electron chi connectivity index (χ0n) is 15.3. The van der Waals surface area contributed by atoms with E-state index in [2.05, 4.69) is 5.32 Å². The predicted octanol–water partition coefficient (Wildman–Crippen LogP) is 3.92. The van der Waals surface area contributed by atoms with E-state index in [4.69, 9.17) is 4.98 Å². The van der Waals surface area contributed by atoms with E-state index in [0.29, 0.717) is 5.16 Å². The molecule has 0 aliphatic carbocycles. The van der Waals surface area contributed by atoms with Crippen LogP contribution < -0.4 is 10.9 Å². The summed E-state index contributed by atoms with van der Waals surface area (Å²) in [5, 5.41) is 3.42. The highest BCUT2D eigenvalue weighted by atomic mass is 32.2. The number of nitrogens with one attached hydrogen (secondary N) is 1. The van der Waals surface area contributed by atoms with Crippen molar-refractivity contribution >= 4 is 35.1 Å². The SMILES string of the molecule is Cc1ccc(-n2c(SCC(=O)Nc3ccccc3)nc3c(c2=O)SCC3)cc1. The smallest absolute Gasteiger partial charge is 0.272 e. The summed E-state index contributed by atoms with van der Waals surface area (Å²) in [5.41, 5.74) is 3.43. The Labute approximate surface area is 171 Å². The minimum Gasteiger partial charge on any atom is -0.325 e. The van der Waals surface area contributed by atoms with Crippen molar-refractivity contribution < 1.29 is 4.79 Å². The van der Waals surface area contributed by atoms with Gasteiger partial charge in [0.2, 0.25) is 5.91 Å². The summed E-state index contributed by atoms with van der Waals surface area (Å²) in [6.45, 7) is 2.01. The quantitative estimate of drug-likeness (QED) is 0.511. The fourth-order valence-electron chi connectivity index (χ4n) is 2.96. The standard InChI is InChI=1S/C21H19N3O2S2/c1-14-7-9-16(10-8-14)24-20(26)19-17(11-12-27-19)23-21(24)28-13-18(25)22-15-5-3-2-4-6-15/h2-10H,11-13H2,1H3,(H,22,25). The number of benzene rings is 2. The van der Waals surface area contributed by atoms with E-state index < -0.39 is 0 Å². The third kappa shape index (κ3) is 4.00. The number of aromatic nitrogens is 2. The van der Waals surface area contributed by atoms with Gasteiger partial charge in [0, 0.05) is 17.9 Å². The van der Waals surface area contributed by atoms with E-state index in [-0.39, 0.29) is 17.2 Å². The van der Waals surface area contributed by atoms with Crippen molar-refractivity contribution in [1.29, 1.82) is 0 Å². The molecule has 1 aliphatic rings. The van der Waals surface area contributed by atoms with E-state index in [1.807, 2.05) is 61.5 Å². The highest BCUT2D eigenvalue weighted by Crippen LogP contribution is 2.30. The Hall–Kier alpha value is -2.51. The molecule has 2 heterocycles. The van der Waals surface area contributed by atoms with Crippen molar-refractivity contribution in [2.24, 2.45) is 0 Å². The number of hydrogen-bond donors (Lipinski definition) is 1. The van der Waals surface area contributed by atoms with Crippen molar-refractivity contribution in [2.75, 3.05) is 16.8 Å². The first-order chi connectivity index (χ1) is 13.6. The number of fused-ring (bicyclic) bond motifs is 1. The van der Waals surface area contributed by atoms with Gasteiger partial charge in [0.15, 0.2) is 5.16 Å². The molecule has 0 spiro atoms. The topological polar surface area (TPSA) is 64.0 Å². The summed E-state index contributed by atoms with van der Waals surface area (Å²) in [4.78, 5) is 30.9. The van der Waals surface area contributed by atoms with Gasteiger partial charge in [-0.25, -0.2) is 4.98 Å². The molecule has 0 fully saturated rings. The number of nitrogens with zero attached hydrogens (tertiary/aromatic N) is 2. The lowest BCUT2D eigenvalue weighted by Gasteiger charge is -2.14. The number of thioether (sulfide) groups is 2. The number of para-hydroxylation sites is 1. The second kappa shape index (κ2) is 8.24. The van der Waals surface area contributed by atoms with Crippen LogP contribution >= 0.6 is 23.5 Å². The minimum atomic E-state index is -0.129. The second-order valence-electron chi connectivity index (χ2n) is 6.45. The van der Waals surface area contributed by atoms with Crippen LogP contribution in [-0.2, 0) is 11.2 Å². The molecule has 4 rings (SSSR count). The first kappa shape index (κ1) is 18.8. The molecular weight excluding hydrogens is 390 g/mol. The minimum absolute atomic E-state index is 0.0534. The third-order valence-electron chi connectivity index (χ3n) is 4.35. The van der Waals surface area contributed by atoms with Crippen LogP contribution in [0.1, 0.15) is 11.3 Å². The molecule has 0 radical (unpaired) electrons. The van der Waals surface area contributed by atoms with Crippen molar-refractivity contribution in [3.05, 3.63) is 76.2 Å². The molecule has 1 amide bonds. The molecule has 1 aromatic heterocycles. The first-order valence-electron chi connectivity index (χ1n) is 8.95. The Morgan fingerprint density at radius 2 is 1.93 bits per heavy atom. The first-order valence-corrected chi connectivity index (χ1v) is 10.9. The number of amides is 1. The normalized spacial score (nSPS) is 12.6. The van der Waals surface area contributed by atoms with Crippen LogP contribution in [0.25, 0.3) is 5.69 Å². The van der Waals surface area contributed by atoms with Crippen molar-refractivity contribution in [3.63, 3.8) is 0 Å². The van der Waals surface area contributed by atoms with Gasteiger partial charge in [-0.2, -0.15) is 0 Å². The van der Waals surface area contributed by atoms with E-state index in [1.54, 1.807) is 16.3 Å². The van der Waals surface area contributed by atoms with Gasteiger partial charge in [-0.3, -0.25) is 14.2 Å². The molecule has 0 saturated carbocycles. The Bertz CT molecular complexity index is 1060. The summed E-state index contributed by atoms with van der Waals surface area (Å²) in [7, 11) is 0. The highest BCUT2D eigenvalue weighted by molar-refractivity contribution is 8.00. The largest absolute Gasteiger partial charge is 0.325 e. The molecule has 0 bridgehead atoms. The summed E-state index contributed by atoms with van der Waals surface area (Å²) in [6.07, 6.45) is 0.785. The third-order valence-corrected chi connectivity index (χ3v) is 6.39. The summed E-state index contributed by atoms with van der Waals surface area (Å²) >= 11 is 2.84. The Morgan fingerprint density at radius 1 is 1.18 bits per heavy atom. The molecule has 5 nitrogen and oxygen atoms in total. The van der Waals surface area contributed by atoms with Gasteiger partial charge < -0.3 is 5.32 Å². The molecule has 1 aliphatic heterocycles. The van der Waals surface area contributed by atoms with Crippen LogP contribution in [-0.4, -0.2) is 27.0 Å². The van der Waals surface area contributed by atoms with E-state index in [9.17, 15) is 9.59 Å². The van der Waals surface area contributed by atoms with E-state index in [1.165, 1.54) is 11.8 Å². The lowest BCUT2D eigenvalue weighted by Crippen LogP contribution is -2.24. The molecule has 0 unspecified atom stereocenters. The molecule has 28 heavy (non-hydrogen) atoms. The van der Waals surface area contributed by atoms with Gasteiger partial charge in [-0.15, -0.1) is 11.8 Å². The Kier molecular flexibility index (Phi) is 5.54. The second-order valence-corrected chi connectivity index (χ2v) is 8.50. The lowest BCUT2D eigenvalue weighted by atomic mass is 10.2. The Balaban J connectivity index is 1.62. The van der Waals surface area contributed by atoms with Gasteiger partial charge in [-0.05, 0) is 31.2 Å². The number of hydrogen-bond acceptors (Lipinski definition) is 5. The number of aryl methyl sites for hydroxylation is 2. The molecule has 7 heteroatoms. The van der Waals surface area contributed by atoms with Crippen molar-refractivity contribution in [2.45, 2.75) is 23.4 Å². The molecule has 0 saturated heterocycles. The van der Waals surface area contributed by atoms with Gasteiger partial charge in [0.25, 0.3) is 5.56 Å². The summed E-state index contributed by atoms with van der Waals surface area (Å²) in [5.74, 6) is 0.920. The van der Waals surface area contributed by atoms with Crippen LogP contribution in [0, 0.1) is 6.92 Å². The molecule has 3 aromatic rings. The highest BCUT2D eigenvalue weighted by Gasteiger charge is 2.23. The number of carbonyl (C=O) groups excluding carboxylic acids is 1. The monoisotopic (exact) mass is 409 g/mol. The molecule has 1 N–H and O–H groups in total. The van der Waals surface area contributed by atoms with Crippen molar-refractivity contribution in [3.8, 4) is 5.69 Å². The predicted molar refractivity (Wildman–Crippen MR) is 115 cm³/mol. The molecular formula is C21H19N3O2S2. The van der Waals surface area contributed by atoms with E-state index in [0.717, 1.165) is 39.7 Å². The maximum absolute atomic E-state index is 13.1. The molecule has 0 atom stereocenters. The fourth-order valence-corrected chi connectivity index (χ4v) is 4.81. The van der Waals surface area contributed by atoms with Gasteiger partial charge >= 0.3 is 0 Å². The average Bonchev–Trinajstić information content (AvgIpc) is 3.17.